The number of nitrogens with zero attached hydrogens (tertiary/aromatic N) is 2. The number of rotatable bonds is 3. The molecule has 0 aliphatic heterocycles. The molecule has 1 heterocycles. The van der Waals surface area contributed by atoms with Crippen LogP contribution in [0.15, 0.2) is 0 Å². The Bertz CT molecular complexity index is 352. The molecule has 0 aliphatic rings. The van der Waals surface area contributed by atoms with E-state index in [9.17, 15) is 13.2 Å². The van der Waals surface area contributed by atoms with Gasteiger partial charge in [-0.2, -0.15) is 18.3 Å². The smallest absolute Gasteiger partial charge is 0.304 e. The largest absolute Gasteiger partial charge is 0.390 e. The normalized spacial score (nSPS) is 12.0. The van der Waals surface area contributed by atoms with Crippen LogP contribution >= 0.6 is 12.2 Å². The standard InChI is InChI=1S/C7H10F3N3S/c1-2-5-11-12-6(14)13(5)4-3-7(8,9)10/h2-4H2,1H3,(H,12,14). The molecule has 0 aliphatic carbocycles. The summed E-state index contributed by atoms with van der Waals surface area (Å²) in [5.41, 5.74) is 0. The molecule has 0 atom stereocenters. The summed E-state index contributed by atoms with van der Waals surface area (Å²) >= 11 is 4.81. The molecule has 1 aromatic rings. The van der Waals surface area contributed by atoms with Crippen molar-refractivity contribution in [3.63, 3.8) is 0 Å². The van der Waals surface area contributed by atoms with E-state index in [1.54, 1.807) is 0 Å². The molecular formula is C7H10F3N3S. The lowest BCUT2D eigenvalue weighted by molar-refractivity contribution is -0.136. The zero-order chi connectivity index (χ0) is 10.8. The molecule has 1 N–H and O–H groups in total. The molecule has 80 valence electrons. The molecule has 0 fully saturated rings. The predicted molar refractivity (Wildman–Crippen MR) is 47.5 cm³/mol. The average Bonchev–Trinajstić information content (AvgIpc) is 2.41. The lowest BCUT2D eigenvalue weighted by Crippen LogP contribution is -2.13. The van der Waals surface area contributed by atoms with Crippen molar-refractivity contribution in [2.45, 2.75) is 32.5 Å². The SMILES string of the molecule is CCc1n[nH]c(=S)n1CCC(F)(F)F. The van der Waals surface area contributed by atoms with E-state index in [2.05, 4.69) is 10.2 Å². The van der Waals surface area contributed by atoms with E-state index in [0.717, 1.165) is 0 Å². The highest BCUT2D eigenvalue weighted by Crippen LogP contribution is 2.20. The molecule has 0 aromatic carbocycles. The summed E-state index contributed by atoms with van der Waals surface area (Å²) in [6.07, 6.45) is -4.48. The number of halogens is 3. The van der Waals surface area contributed by atoms with E-state index in [4.69, 9.17) is 12.2 Å². The summed E-state index contributed by atoms with van der Waals surface area (Å²) in [5, 5.41) is 6.29. The van der Waals surface area contributed by atoms with Crippen LogP contribution < -0.4 is 0 Å². The zero-order valence-corrected chi connectivity index (χ0v) is 8.37. The molecule has 0 radical (unpaired) electrons. The molecule has 0 bridgehead atoms. The highest BCUT2D eigenvalue weighted by molar-refractivity contribution is 7.71. The fourth-order valence-corrected chi connectivity index (χ4v) is 1.33. The fraction of sp³-hybridized carbons (Fsp3) is 0.714. The maximum atomic E-state index is 11.9. The van der Waals surface area contributed by atoms with Gasteiger partial charge in [-0.05, 0) is 12.2 Å². The molecule has 0 unspecified atom stereocenters. The van der Waals surface area contributed by atoms with Crippen LogP contribution in [0.3, 0.4) is 0 Å². The van der Waals surface area contributed by atoms with Gasteiger partial charge in [-0.25, -0.2) is 0 Å². The first-order chi connectivity index (χ1) is 6.44. The number of hydrogen-bond donors (Lipinski definition) is 1. The summed E-state index contributed by atoms with van der Waals surface area (Å²) in [6.45, 7) is 1.65. The van der Waals surface area contributed by atoms with E-state index < -0.39 is 12.6 Å². The molecule has 0 saturated carbocycles. The Morgan fingerprint density at radius 3 is 2.64 bits per heavy atom. The van der Waals surface area contributed by atoms with E-state index in [-0.39, 0.29) is 11.3 Å². The second kappa shape index (κ2) is 4.12. The average molecular weight is 225 g/mol. The molecular weight excluding hydrogens is 215 g/mol. The van der Waals surface area contributed by atoms with Crippen LogP contribution in [-0.2, 0) is 13.0 Å². The van der Waals surface area contributed by atoms with Crippen LogP contribution in [-0.4, -0.2) is 20.9 Å². The van der Waals surface area contributed by atoms with Crippen molar-refractivity contribution in [3.05, 3.63) is 10.6 Å². The highest BCUT2D eigenvalue weighted by Gasteiger charge is 2.27. The predicted octanol–water partition coefficient (Wildman–Crippen LogP) is 2.46. The van der Waals surface area contributed by atoms with Crippen molar-refractivity contribution in [1.82, 2.24) is 14.8 Å². The molecule has 1 aromatic heterocycles. The Hall–Kier alpha value is -0.850. The Balaban J connectivity index is 2.75. The second-order valence-corrected chi connectivity index (χ2v) is 3.20. The summed E-state index contributed by atoms with van der Waals surface area (Å²) in [4.78, 5) is 0. The first kappa shape index (κ1) is 11.2. The molecule has 7 heteroatoms. The third-order valence-corrected chi connectivity index (χ3v) is 2.08. The second-order valence-electron chi connectivity index (χ2n) is 2.82. The summed E-state index contributed by atoms with van der Waals surface area (Å²) < 4.78 is 37.4. The van der Waals surface area contributed by atoms with Crippen LogP contribution in [0, 0.1) is 4.77 Å². The van der Waals surface area contributed by atoms with Gasteiger partial charge >= 0.3 is 6.18 Å². The number of aromatic amines is 1. The summed E-state index contributed by atoms with van der Waals surface area (Å²) in [7, 11) is 0. The summed E-state index contributed by atoms with van der Waals surface area (Å²) in [6, 6.07) is 0. The Morgan fingerprint density at radius 1 is 1.50 bits per heavy atom. The minimum absolute atomic E-state index is 0.165. The Labute approximate surface area is 83.9 Å². The maximum Gasteiger partial charge on any atom is 0.390 e. The molecule has 1 rings (SSSR count). The highest BCUT2D eigenvalue weighted by atomic mass is 32.1. The third kappa shape index (κ3) is 2.83. The van der Waals surface area contributed by atoms with E-state index in [1.165, 1.54) is 4.57 Å². The van der Waals surface area contributed by atoms with Crippen molar-refractivity contribution in [2.24, 2.45) is 0 Å². The van der Waals surface area contributed by atoms with Crippen molar-refractivity contribution in [1.29, 1.82) is 0 Å². The van der Waals surface area contributed by atoms with Gasteiger partial charge in [0.15, 0.2) is 4.77 Å². The van der Waals surface area contributed by atoms with Crippen molar-refractivity contribution in [3.8, 4) is 0 Å². The maximum absolute atomic E-state index is 11.9. The first-order valence-corrected chi connectivity index (χ1v) is 4.55. The monoisotopic (exact) mass is 225 g/mol. The number of nitrogens with one attached hydrogen (secondary N) is 1. The van der Waals surface area contributed by atoms with Crippen molar-refractivity contribution >= 4 is 12.2 Å². The van der Waals surface area contributed by atoms with Crippen LogP contribution in [0.2, 0.25) is 0 Å². The minimum atomic E-state index is -4.16. The molecule has 0 amide bonds. The lowest BCUT2D eigenvalue weighted by atomic mass is 10.4. The number of H-pyrrole nitrogens is 1. The van der Waals surface area contributed by atoms with Gasteiger partial charge in [-0.3, -0.25) is 5.10 Å². The quantitative estimate of drug-likeness (QED) is 0.802. The molecule has 14 heavy (non-hydrogen) atoms. The van der Waals surface area contributed by atoms with Gasteiger partial charge in [0.05, 0.1) is 6.42 Å². The van der Waals surface area contributed by atoms with E-state index >= 15 is 0 Å². The van der Waals surface area contributed by atoms with Crippen molar-refractivity contribution in [2.75, 3.05) is 0 Å². The van der Waals surface area contributed by atoms with Crippen LogP contribution in [0.4, 0.5) is 13.2 Å². The van der Waals surface area contributed by atoms with E-state index in [0.29, 0.717) is 12.2 Å². The van der Waals surface area contributed by atoms with Gasteiger partial charge in [0.1, 0.15) is 5.82 Å². The van der Waals surface area contributed by atoms with Crippen LogP contribution in [0.1, 0.15) is 19.2 Å². The number of alkyl halides is 3. The van der Waals surface area contributed by atoms with Crippen LogP contribution in [0.5, 0.6) is 0 Å². The molecule has 0 saturated heterocycles. The third-order valence-electron chi connectivity index (χ3n) is 1.77. The first-order valence-electron chi connectivity index (χ1n) is 4.15. The minimum Gasteiger partial charge on any atom is -0.304 e. The van der Waals surface area contributed by atoms with Gasteiger partial charge < -0.3 is 4.57 Å². The van der Waals surface area contributed by atoms with Crippen LogP contribution in [0.25, 0.3) is 0 Å². The van der Waals surface area contributed by atoms with Gasteiger partial charge in [0.2, 0.25) is 0 Å². The summed E-state index contributed by atoms with van der Waals surface area (Å²) in [5.74, 6) is 0.555. The molecule has 0 spiro atoms. The number of aryl methyl sites for hydroxylation is 1. The molecule has 3 nitrogen and oxygen atoms in total. The van der Waals surface area contributed by atoms with Gasteiger partial charge in [-0.15, -0.1) is 0 Å². The number of aromatic nitrogens is 3. The topological polar surface area (TPSA) is 33.6 Å². The van der Waals surface area contributed by atoms with Gasteiger partial charge in [0, 0.05) is 13.0 Å². The van der Waals surface area contributed by atoms with E-state index in [1.807, 2.05) is 6.92 Å². The fourth-order valence-electron chi connectivity index (χ4n) is 1.09. The number of hydrogen-bond acceptors (Lipinski definition) is 2. The van der Waals surface area contributed by atoms with Gasteiger partial charge in [-0.1, -0.05) is 6.92 Å². The lowest BCUT2D eigenvalue weighted by Gasteiger charge is -2.07. The zero-order valence-electron chi connectivity index (χ0n) is 7.56. The van der Waals surface area contributed by atoms with Crippen molar-refractivity contribution < 1.29 is 13.2 Å². The Kier molecular flexibility index (Phi) is 3.30. The van der Waals surface area contributed by atoms with Gasteiger partial charge in [0.25, 0.3) is 0 Å². The Morgan fingerprint density at radius 2 is 2.14 bits per heavy atom.